The van der Waals surface area contributed by atoms with E-state index in [9.17, 15) is 4.79 Å². The maximum absolute atomic E-state index is 12.5. The van der Waals surface area contributed by atoms with Gasteiger partial charge in [-0.25, -0.2) is 0 Å². The Bertz CT molecular complexity index is 733. The molecule has 0 unspecified atom stereocenters. The summed E-state index contributed by atoms with van der Waals surface area (Å²) in [6, 6.07) is 14.4. The van der Waals surface area contributed by atoms with E-state index in [2.05, 4.69) is 40.5 Å². The van der Waals surface area contributed by atoms with Crippen LogP contribution in [-0.4, -0.2) is 23.9 Å². The van der Waals surface area contributed by atoms with Crippen LogP contribution in [0.15, 0.2) is 42.5 Å². The minimum absolute atomic E-state index is 0.00488. The van der Waals surface area contributed by atoms with Crippen molar-refractivity contribution in [3.05, 3.63) is 70.3 Å². The maximum Gasteiger partial charge on any atom is 0.251 e. The summed E-state index contributed by atoms with van der Waals surface area (Å²) in [5, 5.41) is 3.10. The van der Waals surface area contributed by atoms with E-state index in [0.29, 0.717) is 6.54 Å². The number of benzene rings is 2. The van der Waals surface area contributed by atoms with E-state index in [1.54, 1.807) is 0 Å². The van der Waals surface area contributed by atoms with Crippen LogP contribution >= 0.6 is 0 Å². The zero-order valence-corrected chi connectivity index (χ0v) is 15.3. The molecule has 1 fully saturated rings. The highest BCUT2D eigenvalue weighted by molar-refractivity contribution is 5.95. The molecule has 132 valence electrons. The Kier molecular flexibility index (Phi) is 5.87. The van der Waals surface area contributed by atoms with E-state index in [4.69, 9.17) is 0 Å². The Morgan fingerprint density at radius 1 is 1.00 bits per heavy atom. The van der Waals surface area contributed by atoms with Gasteiger partial charge in [0.2, 0.25) is 0 Å². The van der Waals surface area contributed by atoms with Crippen molar-refractivity contribution in [1.29, 1.82) is 0 Å². The summed E-state index contributed by atoms with van der Waals surface area (Å²) < 4.78 is 0. The lowest BCUT2D eigenvalue weighted by Crippen LogP contribution is -2.30. The van der Waals surface area contributed by atoms with E-state index in [-0.39, 0.29) is 5.91 Å². The fraction of sp³-hybridized carbons (Fsp3) is 0.409. The van der Waals surface area contributed by atoms with Crippen LogP contribution in [0.4, 0.5) is 0 Å². The number of carbonyl (C=O) groups is 1. The lowest BCUT2D eigenvalue weighted by Gasteiger charge is -2.27. The molecule has 2 aromatic rings. The largest absolute Gasteiger partial charge is 0.348 e. The first-order valence-corrected chi connectivity index (χ1v) is 9.28. The monoisotopic (exact) mass is 336 g/mol. The zero-order valence-electron chi connectivity index (χ0n) is 15.3. The molecule has 1 N–H and O–H groups in total. The molecule has 0 spiro atoms. The fourth-order valence-corrected chi connectivity index (χ4v) is 3.58. The van der Waals surface area contributed by atoms with Gasteiger partial charge in [-0.3, -0.25) is 9.69 Å². The van der Waals surface area contributed by atoms with Gasteiger partial charge in [-0.1, -0.05) is 48.4 Å². The van der Waals surface area contributed by atoms with Gasteiger partial charge in [0.1, 0.15) is 0 Å². The van der Waals surface area contributed by atoms with Crippen molar-refractivity contribution in [2.45, 2.75) is 46.2 Å². The Hall–Kier alpha value is -2.13. The Morgan fingerprint density at radius 3 is 2.44 bits per heavy atom. The average molecular weight is 336 g/mol. The highest BCUT2D eigenvalue weighted by Crippen LogP contribution is 2.17. The number of rotatable bonds is 5. The Morgan fingerprint density at radius 2 is 1.72 bits per heavy atom. The van der Waals surface area contributed by atoms with Gasteiger partial charge < -0.3 is 5.32 Å². The highest BCUT2D eigenvalue weighted by Gasteiger charge is 2.13. The maximum atomic E-state index is 12.5. The SMILES string of the molecule is Cc1ccc(C(=O)NCc2ccccc2CN2CCCCC2)c(C)c1. The lowest BCUT2D eigenvalue weighted by molar-refractivity contribution is 0.0950. The number of nitrogens with one attached hydrogen (secondary N) is 1. The lowest BCUT2D eigenvalue weighted by atomic mass is 10.0. The standard InChI is InChI=1S/C22H28N2O/c1-17-10-11-21(18(2)14-17)22(25)23-15-19-8-4-5-9-20(19)16-24-12-6-3-7-13-24/h4-5,8-11,14H,3,6-7,12-13,15-16H2,1-2H3,(H,23,25). The van der Waals surface area contributed by atoms with Crippen LogP contribution in [0.3, 0.4) is 0 Å². The third-order valence-electron chi connectivity index (χ3n) is 5.03. The first-order valence-electron chi connectivity index (χ1n) is 9.28. The molecule has 2 aromatic carbocycles. The van der Waals surface area contributed by atoms with Crippen LogP contribution in [0, 0.1) is 13.8 Å². The predicted octanol–water partition coefficient (Wildman–Crippen LogP) is 4.22. The van der Waals surface area contributed by atoms with Crippen molar-refractivity contribution in [3.63, 3.8) is 0 Å². The number of aryl methyl sites for hydroxylation is 2. The first-order chi connectivity index (χ1) is 12.1. The van der Waals surface area contributed by atoms with E-state index < -0.39 is 0 Å². The molecule has 0 aliphatic carbocycles. The second-order valence-electron chi connectivity index (χ2n) is 7.11. The number of nitrogens with zero attached hydrogens (tertiary/aromatic N) is 1. The zero-order chi connectivity index (χ0) is 17.6. The van der Waals surface area contributed by atoms with Gasteiger partial charge in [-0.05, 0) is 62.5 Å². The third kappa shape index (κ3) is 4.70. The van der Waals surface area contributed by atoms with Gasteiger partial charge in [0.05, 0.1) is 0 Å². The number of hydrogen-bond acceptors (Lipinski definition) is 2. The van der Waals surface area contributed by atoms with E-state index in [1.165, 1.54) is 49.0 Å². The Balaban J connectivity index is 1.65. The van der Waals surface area contributed by atoms with Crippen LogP contribution in [0.5, 0.6) is 0 Å². The molecule has 1 amide bonds. The molecule has 3 heteroatoms. The molecule has 3 rings (SSSR count). The fourth-order valence-electron chi connectivity index (χ4n) is 3.58. The number of likely N-dealkylation sites (tertiary alicyclic amines) is 1. The van der Waals surface area contributed by atoms with Crippen molar-refractivity contribution in [1.82, 2.24) is 10.2 Å². The minimum Gasteiger partial charge on any atom is -0.348 e. The Labute approximate surface area is 151 Å². The summed E-state index contributed by atoms with van der Waals surface area (Å²) in [6.07, 6.45) is 3.95. The van der Waals surface area contributed by atoms with Gasteiger partial charge in [0.15, 0.2) is 0 Å². The van der Waals surface area contributed by atoms with Crippen molar-refractivity contribution in [2.24, 2.45) is 0 Å². The summed E-state index contributed by atoms with van der Waals surface area (Å²) in [5.41, 5.74) is 5.51. The average Bonchev–Trinajstić information content (AvgIpc) is 2.61. The minimum atomic E-state index is 0.00488. The summed E-state index contributed by atoms with van der Waals surface area (Å²) in [6.45, 7) is 7.97. The first kappa shape index (κ1) is 17.7. The van der Waals surface area contributed by atoms with E-state index in [1.807, 2.05) is 26.0 Å². The molecule has 0 aromatic heterocycles. The summed E-state index contributed by atoms with van der Waals surface area (Å²) in [7, 11) is 0. The number of carbonyl (C=O) groups excluding carboxylic acids is 1. The molecular formula is C22H28N2O. The number of amides is 1. The summed E-state index contributed by atoms with van der Waals surface area (Å²) in [5.74, 6) is 0.00488. The normalized spacial score (nSPS) is 15.1. The quantitative estimate of drug-likeness (QED) is 0.886. The summed E-state index contributed by atoms with van der Waals surface area (Å²) in [4.78, 5) is 15.1. The topological polar surface area (TPSA) is 32.3 Å². The second-order valence-corrected chi connectivity index (χ2v) is 7.11. The molecule has 0 atom stereocenters. The van der Waals surface area contributed by atoms with Gasteiger partial charge in [-0.2, -0.15) is 0 Å². The molecule has 0 radical (unpaired) electrons. The molecule has 1 saturated heterocycles. The number of hydrogen-bond donors (Lipinski definition) is 1. The molecule has 1 aliphatic rings. The van der Waals surface area contributed by atoms with E-state index in [0.717, 1.165) is 17.7 Å². The summed E-state index contributed by atoms with van der Waals surface area (Å²) >= 11 is 0. The molecule has 25 heavy (non-hydrogen) atoms. The van der Waals surface area contributed by atoms with Crippen LogP contribution in [-0.2, 0) is 13.1 Å². The molecule has 0 saturated carbocycles. The van der Waals surface area contributed by atoms with Crippen LogP contribution in [0.2, 0.25) is 0 Å². The molecule has 0 bridgehead atoms. The van der Waals surface area contributed by atoms with Gasteiger partial charge in [0, 0.05) is 18.7 Å². The predicted molar refractivity (Wildman–Crippen MR) is 103 cm³/mol. The van der Waals surface area contributed by atoms with Crippen LogP contribution in [0.25, 0.3) is 0 Å². The smallest absolute Gasteiger partial charge is 0.251 e. The van der Waals surface area contributed by atoms with Crippen molar-refractivity contribution >= 4 is 5.91 Å². The van der Waals surface area contributed by atoms with Gasteiger partial charge in [-0.15, -0.1) is 0 Å². The molecule has 3 nitrogen and oxygen atoms in total. The second kappa shape index (κ2) is 8.30. The van der Waals surface area contributed by atoms with Gasteiger partial charge in [0.25, 0.3) is 5.91 Å². The van der Waals surface area contributed by atoms with E-state index >= 15 is 0 Å². The van der Waals surface area contributed by atoms with Gasteiger partial charge >= 0.3 is 0 Å². The van der Waals surface area contributed by atoms with Crippen LogP contribution in [0.1, 0.15) is 51.9 Å². The van der Waals surface area contributed by atoms with Crippen molar-refractivity contribution in [3.8, 4) is 0 Å². The molecule has 1 heterocycles. The highest BCUT2D eigenvalue weighted by atomic mass is 16.1. The van der Waals surface area contributed by atoms with Crippen molar-refractivity contribution < 1.29 is 4.79 Å². The third-order valence-corrected chi connectivity index (χ3v) is 5.03. The molecular weight excluding hydrogens is 308 g/mol. The number of piperidine rings is 1. The van der Waals surface area contributed by atoms with Crippen LogP contribution < -0.4 is 5.32 Å². The van der Waals surface area contributed by atoms with Crippen molar-refractivity contribution in [2.75, 3.05) is 13.1 Å². The molecule has 1 aliphatic heterocycles.